The second-order valence-corrected chi connectivity index (χ2v) is 4.92. The lowest BCUT2D eigenvalue weighted by atomic mass is 10.0. The average Bonchev–Trinajstić information content (AvgIpc) is 2.42. The summed E-state index contributed by atoms with van der Waals surface area (Å²) < 4.78 is 0. The van der Waals surface area contributed by atoms with Gasteiger partial charge in [0, 0.05) is 23.4 Å². The molecule has 2 aromatic rings. The predicted octanol–water partition coefficient (Wildman–Crippen LogP) is 2.33. The molecule has 0 radical (unpaired) electrons. The van der Waals surface area contributed by atoms with E-state index >= 15 is 0 Å². The first-order valence-corrected chi connectivity index (χ1v) is 6.48. The second-order valence-electron chi connectivity index (χ2n) is 4.92. The maximum absolute atomic E-state index is 6.06. The van der Waals surface area contributed by atoms with E-state index in [0.717, 1.165) is 33.5 Å². The van der Waals surface area contributed by atoms with Crippen molar-refractivity contribution in [1.82, 2.24) is 0 Å². The minimum Gasteiger partial charge on any atom is -0.398 e. The molecule has 0 saturated carbocycles. The molecule has 0 spiro atoms. The summed E-state index contributed by atoms with van der Waals surface area (Å²) in [5.41, 5.74) is 23.8. The lowest BCUT2D eigenvalue weighted by Gasteiger charge is -2.05. The molecule has 0 fully saturated rings. The Labute approximate surface area is 119 Å². The Kier molecular flexibility index (Phi) is 3.97. The zero-order valence-electron chi connectivity index (χ0n) is 11.8. The monoisotopic (exact) mass is 265 g/mol. The van der Waals surface area contributed by atoms with E-state index in [1.807, 2.05) is 44.2 Å². The van der Waals surface area contributed by atoms with Crippen molar-refractivity contribution in [2.45, 2.75) is 20.4 Å². The van der Waals surface area contributed by atoms with Gasteiger partial charge in [-0.05, 0) is 48.7 Å². The first-order chi connectivity index (χ1) is 9.51. The van der Waals surface area contributed by atoms with Crippen LogP contribution in [0.2, 0.25) is 0 Å². The first-order valence-electron chi connectivity index (χ1n) is 6.48. The number of rotatable bonds is 1. The predicted molar refractivity (Wildman–Crippen MR) is 85.1 cm³/mol. The standard InChI is InChI=1S/C17H19N3/c1-11-7-12(2)17(20)15(8-11)5-4-14-9-13(10-18)3-6-16(14)19/h3,6-9H,10,18-20H2,1-2H3. The molecule has 0 aliphatic heterocycles. The molecule has 2 aromatic carbocycles. The van der Waals surface area contributed by atoms with E-state index in [1.54, 1.807) is 0 Å². The fourth-order valence-electron chi connectivity index (χ4n) is 2.06. The zero-order chi connectivity index (χ0) is 14.7. The highest BCUT2D eigenvalue weighted by Crippen LogP contribution is 2.19. The van der Waals surface area contributed by atoms with Crippen LogP contribution >= 0.6 is 0 Å². The third-order valence-corrected chi connectivity index (χ3v) is 3.22. The molecule has 102 valence electrons. The fourth-order valence-corrected chi connectivity index (χ4v) is 2.06. The Morgan fingerprint density at radius 1 is 0.950 bits per heavy atom. The van der Waals surface area contributed by atoms with E-state index in [9.17, 15) is 0 Å². The summed E-state index contributed by atoms with van der Waals surface area (Å²) in [5, 5.41) is 0. The molecule has 3 nitrogen and oxygen atoms in total. The summed E-state index contributed by atoms with van der Waals surface area (Å²) in [6.07, 6.45) is 0. The van der Waals surface area contributed by atoms with Crippen molar-refractivity contribution in [3.63, 3.8) is 0 Å². The number of nitrogens with two attached hydrogens (primary N) is 3. The van der Waals surface area contributed by atoms with Gasteiger partial charge in [-0.3, -0.25) is 0 Å². The zero-order valence-corrected chi connectivity index (χ0v) is 11.8. The van der Waals surface area contributed by atoms with Crippen LogP contribution in [0.4, 0.5) is 11.4 Å². The Hall–Kier alpha value is -2.44. The number of nitrogen functional groups attached to an aromatic ring is 2. The van der Waals surface area contributed by atoms with Crippen molar-refractivity contribution in [3.05, 3.63) is 58.1 Å². The van der Waals surface area contributed by atoms with E-state index in [0.29, 0.717) is 12.2 Å². The SMILES string of the molecule is Cc1cc(C)c(N)c(C#Cc2cc(CN)ccc2N)c1. The highest BCUT2D eigenvalue weighted by atomic mass is 14.6. The third-order valence-electron chi connectivity index (χ3n) is 3.22. The Bertz CT molecular complexity index is 706. The molecule has 6 N–H and O–H groups in total. The topological polar surface area (TPSA) is 78.1 Å². The minimum atomic E-state index is 0.473. The Balaban J connectivity index is 2.46. The van der Waals surface area contributed by atoms with Crippen LogP contribution < -0.4 is 17.2 Å². The van der Waals surface area contributed by atoms with Crippen LogP contribution in [-0.2, 0) is 6.54 Å². The summed E-state index contributed by atoms with van der Waals surface area (Å²) in [6.45, 7) is 4.48. The van der Waals surface area contributed by atoms with Crippen molar-refractivity contribution in [2.24, 2.45) is 5.73 Å². The van der Waals surface area contributed by atoms with Crippen LogP contribution in [0, 0.1) is 25.7 Å². The molecule has 0 atom stereocenters. The number of hydrogen-bond donors (Lipinski definition) is 3. The van der Waals surface area contributed by atoms with Gasteiger partial charge < -0.3 is 17.2 Å². The molecule has 0 unspecified atom stereocenters. The highest BCUT2D eigenvalue weighted by molar-refractivity contribution is 5.65. The summed E-state index contributed by atoms with van der Waals surface area (Å²) >= 11 is 0. The van der Waals surface area contributed by atoms with Gasteiger partial charge >= 0.3 is 0 Å². The molecule has 0 amide bonds. The number of hydrogen-bond acceptors (Lipinski definition) is 3. The largest absolute Gasteiger partial charge is 0.398 e. The first kappa shape index (κ1) is 14.0. The van der Waals surface area contributed by atoms with E-state index < -0.39 is 0 Å². The smallest absolute Gasteiger partial charge is 0.0503 e. The Morgan fingerprint density at radius 3 is 2.35 bits per heavy atom. The van der Waals surface area contributed by atoms with Crippen molar-refractivity contribution in [2.75, 3.05) is 11.5 Å². The van der Waals surface area contributed by atoms with Gasteiger partial charge in [0.15, 0.2) is 0 Å². The maximum Gasteiger partial charge on any atom is 0.0503 e. The highest BCUT2D eigenvalue weighted by Gasteiger charge is 2.02. The molecule has 3 heteroatoms. The molecule has 20 heavy (non-hydrogen) atoms. The summed E-state index contributed by atoms with van der Waals surface area (Å²) in [6, 6.07) is 9.69. The summed E-state index contributed by atoms with van der Waals surface area (Å²) in [5.74, 6) is 6.20. The van der Waals surface area contributed by atoms with Crippen LogP contribution in [0.5, 0.6) is 0 Å². The van der Waals surface area contributed by atoms with Crippen LogP contribution in [0.25, 0.3) is 0 Å². The van der Waals surface area contributed by atoms with E-state index in [2.05, 4.69) is 11.8 Å². The summed E-state index contributed by atoms with van der Waals surface area (Å²) in [4.78, 5) is 0. The molecule has 0 bridgehead atoms. The van der Waals surface area contributed by atoms with Crippen molar-refractivity contribution < 1.29 is 0 Å². The number of anilines is 2. The lowest BCUT2D eigenvalue weighted by molar-refractivity contribution is 1.07. The third kappa shape index (κ3) is 2.93. The normalized spacial score (nSPS) is 9.95. The average molecular weight is 265 g/mol. The van der Waals surface area contributed by atoms with Crippen molar-refractivity contribution in [1.29, 1.82) is 0 Å². The molecule has 2 rings (SSSR count). The molecular weight excluding hydrogens is 246 g/mol. The molecule has 0 aliphatic carbocycles. The van der Waals surface area contributed by atoms with E-state index in [1.165, 1.54) is 0 Å². The van der Waals surface area contributed by atoms with Crippen molar-refractivity contribution >= 4 is 11.4 Å². The quantitative estimate of drug-likeness (QED) is 0.547. The number of benzene rings is 2. The number of aryl methyl sites for hydroxylation is 2. The van der Waals surface area contributed by atoms with Gasteiger partial charge in [0.2, 0.25) is 0 Å². The van der Waals surface area contributed by atoms with Crippen LogP contribution in [0.15, 0.2) is 30.3 Å². The molecule has 0 saturated heterocycles. The van der Waals surface area contributed by atoms with Gasteiger partial charge in [-0.1, -0.05) is 24.0 Å². The maximum atomic E-state index is 6.06. The fraction of sp³-hybridized carbons (Fsp3) is 0.176. The van der Waals surface area contributed by atoms with Gasteiger partial charge in [-0.15, -0.1) is 0 Å². The van der Waals surface area contributed by atoms with Gasteiger partial charge in [0.25, 0.3) is 0 Å². The second kappa shape index (κ2) is 5.68. The van der Waals surface area contributed by atoms with E-state index in [4.69, 9.17) is 17.2 Å². The van der Waals surface area contributed by atoms with Gasteiger partial charge in [-0.25, -0.2) is 0 Å². The van der Waals surface area contributed by atoms with Gasteiger partial charge in [-0.2, -0.15) is 0 Å². The van der Waals surface area contributed by atoms with Crippen molar-refractivity contribution in [3.8, 4) is 11.8 Å². The van der Waals surface area contributed by atoms with Crippen LogP contribution in [0.3, 0.4) is 0 Å². The van der Waals surface area contributed by atoms with Crippen LogP contribution in [-0.4, -0.2) is 0 Å². The minimum absolute atomic E-state index is 0.473. The van der Waals surface area contributed by atoms with Gasteiger partial charge in [0.1, 0.15) is 0 Å². The molecule has 0 aromatic heterocycles. The van der Waals surface area contributed by atoms with Crippen LogP contribution in [0.1, 0.15) is 27.8 Å². The van der Waals surface area contributed by atoms with Gasteiger partial charge in [0.05, 0.1) is 5.69 Å². The Morgan fingerprint density at radius 2 is 1.65 bits per heavy atom. The molecule has 0 heterocycles. The molecule has 0 aliphatic rings. The summed E-state index contributed by atoms with van der Waals surface area (Å²) in [7, 11) is 0. The van der Waals surface area contributed by atoms with E-state index in [-0.39, 0.29) is 0 Å². The molecular formula is C17H19N3. The lowest BCUT2D eigenvalue weighted by Crippen LogP contribution is -1.99.